The molecule has 2 amide bonds. The van der Waals surface area contributed by atoms with E-state index in [-0.39, 0.29) is 4.32 Å². The Bertz CT molecular complexity index is 948. The van der Waals surface area contributed by atoms with E-state index in [1.807, 2.05) is 0 Å². The molecule has 0 aliphatic carbocycles. The molecular weight excluding hydrogens is 479 g/mol. The first kappa shape index (κ1) is 19.4. The first-order valence-electron chi connectivity index (χ1n) is 7.15. The number of nitrogens with one attached hydrogen (secondary N) is 1. The maximum Gasteiger partial charge on any atom is 0.285 e. The standard InChI is InChI=1S/C17H9BrCl2N2O2S2/c18-11-4-2-10(3-5-11)15(23)21-22-16(24)14(26-17(22)25)8-9-1-6-12(19)13(20)7-9/h1-8H,(H,21,23)/b14-8-. The van der Waals surface area contributed by atoms with Crippen molar-refractivity contribution in [2.75, 3.05) is 0 Å². The van der Waals surface area contributed by atoms with E-state index >= 15 is 0 Å². The number of nitrogens with zero attached hydrogens (tertiary/aromatic N) is 1. The molecule has 1 N–H and O–H groups in total. The van der Waals surface area contributed by atoms with Crippen LogP contribution in [-0.4, -0.2) is 21.1 Å². The Hall–Kier alpha value is -1.38. The third kappa shape index (κ3) is 4.29. The Labute approximate surface area is 177 Å². The van der Waals surface area contributed by atoms with Crippen molar-refractivity contribution in [1.82, 2.24) is 10.4 Å². The predicted molar refractivity (Wildman–Crippen MR) is 113 cm³/mol. The minimum Gasteiger partial charge on any atom is -0.267 e. The monoisotopic (exact) mass is 486 g/mol. The molecule has 2 aromatic carbocycles. The zero-order chi connectivity index (χ0) is 18.8. The van der Waals surface area contributed by atoms with Crippen LogP contribution in [0.5, 0.6) is 0 Å². The van der Waals surface area contributed by atoms with Crippen LogP contribution < -0.4 is 5.43 Å². The molecule has 0 atom stereocenters. The molecule has 0 radical (unpaired) electrons. The quantitative estimate of drug-likeness (QED) is 0.471. The molecule has 26 heavy (non-hydrogen) atoms. The maximum absolute atomic E-state index is 12.6. The van der Waals surface area contributed by atoms with Gasteiger partial charge < -0.3 is 0 Å². The summed E-state index contributed by atoms with van der Waals surface area (Å²) < 4.78 is 1.09. The molecule has 0 spiro atoms. The predicted octanol–water partition coefficient (Wildman–Crippen LogP) is 5.30. The van der Waals surface area contributed by atoms with Crippen molar-refractivity contribution in [1.29, 1.82) is 0 Å². The molecule has 4 nitrogen and oxygen atoms in total. The van der Waals surface area contributed by atoms with Gasteiger partial charge in [0.05, 0.1) is 15.0 Å². The average molecular weight is 488 g/mol. The molecule has 1 saturated heterocycles. The number of carbonyl (C=O) groups is 2. The van der Waals surface area contributed by atoms with Gasteiger partial charge in [-0.05, 0) is 60.3 Å². The van der Waals surface area contributed by atoms with Crippen LogP contribution in [0.4, 0.5) is 0 Å². The van der Waals surface area contributed by atoms with Crippen molar-refractivity contribution in [3.8, 4) is 0 Å². The number of carbonyl (C=O) groups excluding carboxylic acids is 2. The van der Waals surface area contributed by atoms with Gasteiger partial charge in [-0.15, -0.1) is 0 Å². The van der Waals surface area contributed by atoms with Gasteiger partial charge in [0, 0.05) is 10.0 Å². The molecule has 1 fully saturated rings. The fourth-order valence-electron chi connectivity index (χ4n) is 2.08. The Morgan fingerprint density at radius 1 is 1.15 bits per heavy atom. The summed E-state index contributed by atoms with van der Waals surface area (Å²) in [5.74, 6) is -0.832. The van der Waals surface area contributed by atoms with E-state index in [1.165, 1.54) is 0 Å². The second kappa shape index (κ2) is 8.10. The van der Waals surface area contributed by atoms with E-state index in [9.17, 15) is 9.59 Å². The Balaban J connectivity index is 1.78. The zero-order valence-electron chi connectivity index (χ0n) is 12.8. The highest BCUT2D eigenvalue weighted by atomic mass is 79.9. The number of hydrazine groups is 1. The van der Waals surface area contributed by atoms with Crippen LogP contribution in [-0.2, 0) is 4.79 Å². The summed E-state index contributed by atoms with van der Waals surface area (Å²) in [5.41, 5.74) is 3.65. The van der Waals surface area contributed by atoms with E-state index < -0.39 is 11.8 Å². The van der Waals surface area contributed by atoms with Gasteiger partial charge in [-0.25, -0.2) is 0 Å². The van der Waals surface area contributed by atoms with E-state index in [2.05, 4.69) is 21.4 Å². The molecule has 2 aromatic rings. The lowest BCUT2D eigenvalue weighted by Crippen LogP contribution is -2.44. The highest BCUT2D eigenvalue weighted by Crippen LogP contribution is 2.32. The fourth-order valence-corrected chi connectivity index (χ4v) is 3.84. The van der Waals surface area contributed by atoms with Gasteiger partial charge >= 0.3 is 0 Å². The highest BCUT2D eigenvalue weighted by molar-refractivity contribution is 9.10. The average Bonchev–Trinajstić information content (AvgIpc) is 2.86. The van der Waals surface area contributed by atoms with Crippen LogP contribution in [0.2, 0.25) is 10.0 Å². The summed E-state index contributed by atoms with van der Waals surface area (Å²) in [6.45, 7) is 0. The van der Waals surface area contributed by atoms with Crippen LogP contribution in [0.3, 0.4) is 0 Å². The molecule has 0 saturated carbocycles. The van der Waals surface area contributed by atoms with Gasteiger partial charge in [0.2, 0.25) is 0 Å². The molecule has 0 unspecified atom stereocenters. The van der Waals surface area contributed by atoms with Crippen molar-refractivity contribution in [2.24, 2.45) is 0 Å². The molecule has 3 rings (SSSR count). The SMILES string of the molecule is O=C(NN1C(=O)/C(=C/c2ccc(Cl)c(Cl)c2)SC1=S)c1ccc(Br)cc1. The second-order valence-corrected chi connectivity index (χ2v) is 8.54. The van der Waals surface area contributed by atoms with Crippen LogP contribution in [0.15, 0.2) is 51.8 Å². The Morgan fingerprint density at radius 3 is 2.50 bits per heavy atom. The normalized spacial score (nSPS) is 15.7. The molecule has 0 aromatic heterocycles. The van der Waals surface area contributed by atoms with Crippen molar-refractivity contribution >= 4 is 85.3 Å². The number of amides is 2. The minimum absolute atomic E-state index is 0.242. The van der Waals surface area contributed by atoms with E-state index in [0.29, 0.717) is 26.1 Å². The zero-order valence-corrected chi connectivity index (χ0v) is 17.6. The Kier molecular flexibility index (Phi) is 6.04. The molecule has 1 heterocycles. The summed E-state index contributed by atoms with van der Waals surface area (Å²) in [5, 5.41) is 1.88. The van der Waals surface area contributed by atoms with Crippen molar-refractivity contribution < 1.29 is 9.59 Å². The Morgan fingerprint density at radius 2 is 1.85 bits per heavy atom. The number of halogens is 3. The topological polar surface area (TPSA) is 49.4 Å². The number of rotatable bonds is 3. The molecule has 132 valence electrons. The minimum atomic E-state index is -0.426. The fraction of sp³-hybridized carbons (Fsp3) is 0. The van der Waals surface area contributed by atoms with E-state index in [1.54, 1.807) is 48.5 Å². The van der Waals surface area contributed by atoms with E-state index in [0.717, 1.165) is 21.2 Å². The summed E-state index contributed by atoms with van der Waals surface area (Å²) in [6, 6.07) is 11.8. The molecule has 9 heteroatoms. The largest absolute Gasteiger partial charge is 0.285 e. The van der Waals surface area contributed by atoms with Crippen molar-refractivity contribution in [3.63, 3.8) is 0 Å². The van der Waals surface area contributed by atoms with Crippen LogP contribution >= 0.6 is 63.1 Å². The van der Waals surface area contributed by atoms with Crippen LogP contribution in [0, 0.1) is 0 Å². The summed E-state index contributed by atoms with van der Waals surface area (Å²) >= 11 is 21.5. The van der Waals surface area contributed by atoms with Crippen LogP contribution in [0.25, 0.3) is 6.08 Å². The van der Waals surface area contributed by atoms with Crippen molar-refractivity contribution in [3.05, 3.63) is 73.0 Å². The summed E-state index contributed by atoms with van der Waals surface area (Å²) in [7, 11) is 0. The van der Waals surface area contributed by atoms with Gasteiger partial charge in [0.25, 0.3) is 11.8 Å². The summed E-state index contributed by atoms with van der Waals surface area (Å²) in [6.07, 6.45) is 1.65. The molecule has 1 aliphatic rings. The van der Waals surface area contributed by atoms with E-state index in [4.69, 9.17) is 35.4 Å². The second-order valence-electron chi connectivity index (χ2n) is 5.14. The lowest BCUT2D eigenvalue weighted by molar-refractivity contribution is -0.123. The van der Waals surface area contributed by atoms with Gasteiger partial charge in [-0.2, -0.15) is 5.01 Å². The number of thioether (sulfide) groups is 1. The maximum atomic E-state index is 12.6. The van der Waals surface area contributed by atoms with Crippen LogP contribution in [0.1, 0.15) is 15.9 Å². The number of hydrogen-bond acceptors (Lipinski definition) is 4. The molecule has 0 bridgehead atoms. The van der Waals surface area contributed by atoms with Gasteiger partial charge in [0.15, 0.2) is 4.32 Å². The summed E-state index contributed by atoms with van der Waals surface area (Å²) in [4.78, 5) is 25.2. The number of benzene rings is 2. The third-order valence-electron chi connectivity index (χ3n) is 3.35. The molecule has 1 aliphatic heterocycles. The lowest BCUT2D eigenvalue weighted by atomic mass is 10.2. The molecular formula is C17H9BrCl2N2O2S2. The lowest BCUT2D eigenvalue weighted by Gasteiger charge is -2.15. The van der Waals surface area contributed by atoms with Gasteiger partial charge in [-0.1, -0.05) is 57.0 Å². The van der Waals surface area contributed by atoms with Gasteiger partial charge in [-0.3, -0.25) is 15.0 Å². The van der Waals surface area contributed by atoms with Gasteiger partial charge in [0.1, 0.15) is 0 Å². The third-order valence-corrected chi connectivity index (χ3v) is 5.92. The van der Waals surface area contributed by atoms with Crippen molar-refractivity contribution in [2.45, 2.75) is 0 Å². The first-order valence-corrected chi connectivity index (χ1v) is 9.92. The first-order chi connectivity index (χ1) is 12.3. The number of hydrogen-bond donors (Lipinski definition) is 1. The highest BCUT2D eigenvalue weighted by Gasteiger charge is 2.33. The number of thiocarbonyl (C=S) groups is 1. The smallest absolute Gasteiger partial charge is 0.267 e.